The van der Waals surface area contributed by atoms with Crippen LogP contribution in [0.5, 0.6) is 0 Å². The third kappa shape index (κ3) is 36.0. The highest BCUT2D eigenvalue weighted by Crippen LogP contribution is 2.21. The molecule has 3 atom stereocenters. The number of amides is 1. The molecule has 16 nitrogen and oxygen atoms in total. The Morgan fingerprint density at radius 3 is 1.09 bits per heavy atom. The van der Waals surface area contributed by atoms with Crippen molar-refractivity contribution in [3.63, 3.8) is 0 Å². The van der Waals surface area contributed by atoms with Gasteiger partial charge in [-0.2, -0.15) is 0 Å². The molecule has 0 aromatic rings. The number of hydrogen-bond acceptors (Lipinski definition) is 15. The maximum absolute atomic E-state index is 14.0. The van der Waals surface area contributed by atoms with Gasteiger partial charge in [0, 0.05) is 44.1 Å². The third-order valence-corrected chi connectivity index (χ3v) is 14.0. The van der Waals surface area contributed by atoms with Gasteiger partial charge in [0.15, 0.2) is 0 Å². The molecule has 1 unspecified atom stereocenters. The van der Waals surface area contributed by atoms with E-state index in [4.69, 9.17) is 33.2 Å². The molecule has 1 saturated heterocycles. The lowest BCUT2D eigenvalue weighted by atomic mass is 10.1. The predicted molar refractivity (Wildman–Crippen MR) is 294 cm³/mol. The van der Waals surface area contributed by atoms with E-state index in [2.05, 4.69) is 32.6 Å². The molecule has 0 aliphatic carbocycles. The molecule has 0 saturated carbocycles. The number of carbonyl (C=O) groups is 7. The van der Waals surface area contributed by atoms with Crippen molar-refractivity contribution >= 4 is 41.9 Å². The summed E-state index contributed by atoms with van der Waals surface area (Å²) in [6.07, 6.45) is 27.6. The minimum absolute atomic E-state index is 0.103. The molecule has 2 aliphatic rings. The number of hydrogen-bond donors (Lipinski definition) is 0. The Morgan fingerprint density at radius 2 is 0.750 bits per heavy atom. The lowest BCUT2D eigenvalue weighted by Crippen LogP contribution is -2.44. The van der Waals surface area contributed by atoms with Gasteiger partial charge in [0.1, 0.15) is 18.3 Å². The van der Waals surface area contributed by atoms with Gasteiger partial charge in [0.25, 0.3) is 0 Å². The first kappa shape index (κ1) is 67.9. The van der Waals surface area contributed by atoms with Crippen LogP contribution in [0.3, 0.4) is 0 Å². The average molecular weight is 1080 g/mol. The smallest absolute Gasteiger partial charge is 0.410 e. The summed E-state index contributed by atoms with van der Waals surface area (Å²) in [5, 5.41) is 0. The molecule has 2 rings (SSSR count). The number of rotatable bonds is 43. The Labute approximate surface area is 458 Å². The Balaban J connectivity index is 2.22. The van der Waals surface area contributed by atoms with Crippen molar-refractivity contribution in [2.75, 3.05) is 59.7 Å². The first-order chi connectivity index (χ1) is 36.8. The number of carbonyl (C=O) groups excluding carboxylic acids is 7. The van der Waals surface area contributed by atoms with Crippen LogP contribution in [0.2, 0.25) is 0 Å². The molecule has 0 aromatic carbocycles. The molecule has 16 heteroatoms. The number of esters is 6. The van der Waals surface area contributed by atoms with Crippen molar-refractivity contribution in [2.24, 2.45) is 11.8 Å². The molecule has 0 spiro atoms. The molecular weight excluding hydrogens is 973 g/mol. The van der Waals surface area contributed by atoms with Crippen LogP contribution < -0.4 is 0 Å². The number of likely N-dealkylation sites (tertiary alicyclic amines) is 1. The van der Waals surface area contributed by atoms with Crippen LogP contribution in [0.1, 0.15) is 240 Å². The summed E-state index contributed by atoms with van der Waals surface area (Å²) in [7, 11) is 1.98. The Hall–Kier alpha value is -4.21. The van der Waals surface area contributed by atoms with E-state index in [9.17, 15) is 33.6 Å². The highest BCUT2D eigenvalue weighted by atomic mass is 16.6. The highest BCUT2D eigenvalue weighted by molar-refractivity contribution is 5.73. The fourth-order valence-corrected chi connectivity index (χ4v) is 9.35. The quantitative estimate of drug-likeness (QED) is 0.0242. The van der Waals surface area contributed by atoms with E-state index in [0.29, 0.717) is 38.6 Å². The number of unbranched alkanes of at least 4 members (excludes halogenated alkanes) is 20. The van der Waals surface area contributed by atoms with Gasteiger partial charge in [-0.15, -0.1) is 0 Å². The van der Waals surface area contributed by atoms with Crippen LogP contribution in [0, 0.1) is 11.8 Å². The van der Waals surface area contributed by atoms with Crippen molar-refractivity contribution in [1.29, 1.82) is 0 Å². The Morgan fingerprint density at radius 1 is 0.421 bits per heavy atom. The van der Waals surface area contributed by atoms with E-state index in [1.54, 1.807) is 12.2 Å². The van der Waals surface area contributed by atoms with Crippen molar-refractivity contribution in [3.8, 4) is 0 Å². The SMILES string of the molecule is CCCCCCCCC(=O)OCC(COC(=O)CCCCCCCC)CC(=O)O[C@H]1C=C[C@H](OC(=O)CC(COC(=O)CCCCCCCC)COC(=O)CCCCCCCC)CN(C(=O)OC2CCCCN(C)C2)C1. The normalized spacial score (nSPS) is 16.9. The minimum Gasteiger partial charge on any atom is -0.465 e. The molecule has 0 N–H and O–H groups in total. The van der Waals surface area contributed by atoms with Gasteiger partial charge >= 0.3 is 41.9 Å². The molecule has 0 bridgehead atoms. The average Bonchev–Trinajstić information content (AvgIpc) is 3.73. The largest absolute Gasteiger partial charge is 0.465 e. The first-order valence-corrected chi connectivity index (χ1v) is 30.2. The van der Waals surface area contributed by atoms with Gasteiger partial charge in [-0.25, -0.2) is 4.79 Å². The molecule has 0 aromatic heterocycles. The lowest BCUT2D eigenvalue weighted by molar-refractivity contribution is -0.157. The minimum atomic E-state index is -0.975. The second kappa shape index (κ2) is 44.7. The van der Waals surface area contributed by atoms with E-state index in [-0.39, 0.29) is 108 Å². The van der Waals surface area contributed by atoms with Crippen LogP contribution in [0.25, 0.3) is 0 Å². The van der Waals surface area contributed by atoms with Gasteiger partial charge in [-0.3, -0.25) is 28.8 Å². The van der Waals surface area contributed by atoms with Gasteiger partial charge in [-0.05, 0) is 70.7 Å². The van der Waals surface area contributed by atoms with Crippen molar-refractivity contribution in [2.45, 2.75) is 258 Å². The monoisotopic (exact) mass is 1080 g/mol. The predicted octanol–water partition coefficient (Wildman–Crippen LogP) is 12.5. The summed E-state index contributed by atoms with van der Waals surface area (Å²) in [5.41, 5.74) is 0. The summed E-state index contributed by atoms with van der Waals surface area (Å²) in [4.78, 5) is 96.2. The second-order valence-corrected chi connectivity index (χ2v) is 21.6. The first-order valence-electron chi connectivity index (χ1n) is 30.2. The molecule has 438 valence electrons. The number of nitrogens with zero attached hydrogens (tertiary/aromatic N) is 2. The zero-order valence-corrected chi connectivity index (χ0v) is 48.1. The third-order valence-electron chi connectivity index (χ3n) is 14.0. The van der Waals surface area contributed by atoms with E-state index < -0.39 is 42.1 Å². The molecule has 76 heavy (non-hydrogen) atoms. The molecule has 2 heterocycles. The topological polar surface area (TPSA) is 191 Å². The maximum atomic E-state index is 14.0. The van der Waals surface area contributed by atoms with Crippen LogP contribution >= 0.6 is 0 Å². The Kier molecular flexibility index (Phi) is 40.0. The second-order valence-electron chi connectivity index (χ2n) is 21.6. The number of ether oxygens (including phenoxy) is 7. The molecular formula is C60H104N2O14. The van der Waals surface area contributed by atoms with E-state index in [1.807, 2.05) is 7.05 Å². The summed E-state index contributed by atoms with van der Waals surface area (Å²) >= 11 is 0. The van der Waals surface area contributed by atoms with Crippen LogP contribution in [0.15, 0.2) is 12.2 Å². The van der Waals surface area contributed by atoms with Gasteiger partial charge in [0.05, 0.1) is 52.4 Å². The van der Waals surface area contributed by atoms with E-state index in [1.165, 1.54) is 4.90 Å². The molecule has 2 aliphatic heterocycles. The zero-order chi connectivity index (χ0) is 55.4. The maximum Gasteiger partial charge on any atom is 0.410 e. The zero-order valence-electron chi connectivity index (χ0n) is 48.1. The Bertz CT molecular complexity index is 1460. The van der Waals surface area contributed by atoms with E-state index >= 15 is 0 Å². The summed E-state index contributed by atoms with van der Waals surface area (Å²) < 4.78 is 40.5. The lowest BCUT2D eigenvalue weighted by Gasteiger charge is -2.28. The van der Waals surface area contributed by atoms with Crippen LogP contribution in [-0.4, -0.2) is 130 Å². The van der Waals surface area contributed by atoms with Gasteiger partial charge < -0.3 is 43.0 Å². The van der Waals surface area contributed by atoms with Crippen molar-refractivity contribution in [3.05, 3.63) is 12.2 Å². The van der Waals surface area contributed by atoms with Crippen LogP contribution in [-0.2, 0) is 61.9 Å². The summed E-state index contributed by atoms with van der Waals surface area (Å²) in [5.74, 6) is -4.20. The van der Waals surface area contributed by atoms with Crippen LogP contribution in [0.4, 0.5) is 4.79 Å². The fourth-order valence-electron chi connectivity index (χ4n) is 9.35. The molecule has 1 fully saturated rings. The standard InChI is InChI=1S/C60H104N2O14/c1-6-10-14-18-22-26-33-54(63)70-45-49(46-71-55(64)34-27-23-19-15-11-7-2)40-58(67)74-52-37-38-53(44-62(43-52)60(69)76-51-32-30-31-39-61(5)42-51)75-59(68)41-50(47-72-56(65)35-28-24-20-16-12-8-3)48-73-57(66)36-29-25-21-17-13-9-4/h37-38,49-53H,6-36,39-48H2,1-5H3/t51?,52-,53-/m0/s1. The molecule has 0 radical (unpaired) electrons. The van der Waals surface area contributed by atoms with Gasteiger partial charge in [-0.1, -0.05) is 156 Å². The summed E-state index contributed by atoms with van der Waals surface area (Å²) in [6, 6.07) is 0. The van der Waals surface area contributed by atoms with Crippen molar-refractivity contribution in [1.82, 2.24) is 9.80 Å². The number of likely N-dealkylation sites (N-methyl/N-ethyl adjacent to an activating group) is 1. The highest BCUT2D eigenvalue weighted by Gasteiger charge is 2.32. The summed E-state index contributed by atoms with van der Waals surface area (Å²) in [6.45, 7) is 9.29. The molecule has 1 amide bonds. The van der Waals surface area contributed by atoms with Gasteiger partial charge in [0.2, 0.25) is 0 Å². The van der Waals surface area contributed by atoms with Crippen molar-refractivity contribution < 1.29 is 66.7 Å². The van der Waals surface area contributed by atoms with E-state index in [0.717, 1.165) is 148 Å². The fraction of sp³-hybridized carbons (Fsp3) is 0.850.